The van der Waals surface area contributed by atoms with Crippen molar-refractivity contribution in [3.8, 4) is 5.75 Å². The van der Waals surface area contributed by atoms with Crippen LogP contribution in [-0.4, -0.2) is 39.6 Å². The van der Waals surface area contributed by atoms with Crippen LogP contribution in [0.3, 0.4) is 0 Å². The van der Waals surface area contributed by atoms with Crippen LogP contribution in [0.2, 0.25) is 0 Å². The largest absolute Gasteiger partial charge is 0.494 e. The molecule has 3 aromatic rings. The highest BCUT2D eigenvalue weighted by molar-refractivity contribution is 7.99. The van der Waals surface area contributed by atoms with Crippen LogP contribution in [0.15, 0.2) is 52.4 Å². The van der Waals surface area contributed by atoms with Gasteiger partial charge in [0.1, 0.15) is 5.75 Å². The Labute approximate surface area is 210 Å². The third-order valence-corrected chi connectivity index (χ3v) is 6.33. The average molecular weight is 496 g/mol. The van der Waals surface area contributed by atoms with Crippen LogP contribution < -0.4 is 15.6 Å². The van der Waals surface area contributed by atoms with E-state index in [4.69, 9.17) is 9.72 Å². The summed E-state index contributed by atoms with van der Waals surface area (Å²) in [6.45, 7) is 11.0. The number of fused-ring (bicyclic) bond motifs is 1. The summed E-state index contributed by atoms with van der Waals surface area (Å²) >= 11 is 1.24. The zero-order valence-corrected chi connectivity index (χ0v) is 21.8. The molecule has 0 radical (unpaired) electrons. The molecular formula is C27H33N3O4S. The second-order valence-electron chi connectivity index (χ2n) is 9.06. The topological polar surface area (TPSA) is 90.3 Å². The molecule has 1 aromatic heterocycles. The van der Waals surface area contributed by atoms with Gasteiger partial charge >= 0.3 is 0 Å². The summed E-state index contributed by atoms with van der Waals surface area (Å²) in [7, 11) is 0. The molecule has 0 saturated heterocycles. The quantitative estimate of drug-likeness (QED) is 0.230. The molecule has 8 heteroatoms. The van der Waals surface area contributed by atoms with Gasteiger partial charge in [-0.3, -0.25) is 19.0 Å². The van der Waals surface area contributed by atoms with Crippen molar-refractivity contribution in [3.63, 3.8) is 0 Å². The van der Waals surface area contributed by atoms with Gasteiger partial charge in [-0.1, -0.05) is 25.6 Å². The van der Waals surface area contributed by atoms with Crippen LogP contribution in [0.1, 0.15) is 61.8 Å². The van der Waals surface area contributed by atoms with Gasteiger partial charge in [0.25, 0.3) is 11.5 Å². The number of ketones is 1. The zero-order valence-electron chi connectivity index (χ0n) is 21.0. The summed E-state index contributed by atoms with van der Waals surface area (Å²) in [6.07, 6.45) is 0.808. The molecule has 1 N–H and O–H groups in total. The third kappa shape index (κ3) is 6.94. The van der Waals surface area contributed by atoms with E-state index in [0.29, 0.717) is 52.0 Å². The first-order valence-electron chi connectivity index (χ1n) is 11.9. The maximum Gasteiger partial charge on any atom is 0.262 e. The van der Waals surface area contributed by atoms with Crippen molar-refractivity contribution >= 4 is 34.4 Å². The molecule has 3 rings (SSSR count). The molecular weight excluding hydrogens is 462 g/mol. The molecule has 0 aliphatic carbocycles. The van der Waals surface area contributed by atoms with Crippen molar-refractivity contribution in [2.45, 2.75) is 58.8 Å². The Morgan fingerprint density at radius 3 is 2.37 bits per heavy atom. The second kappa shape index (κ2) is 12.0. The molecule has 0 bridgehead atoms. The number of rotatable bonds is 11. The first-order valence-corrected chi connectivity index (χ1v) is 12.9. The number of hydrogen-bond acceptors (Lipinski definition) is 6. The molecule has 186 valence electrons. The Bertz CT molecular complexity index is 1250. The summed E-state index contributed by atoms with van der Waals surface area (Å²) in [6, 6.07) is 12.0. The van der Waals surface area contributed by atoms with E-state index in [0.717, 1.165) is 6.42 Å². The number of carbonyl (C=O) groups is 2. The van der Waals surface area contributed by atoms with E-state index >= 15 is 0 Å². The van der Waals surface area contributed by atoms with Crippen molar-refractivity contribution < 1.29 is 14.3 Å². The number of amides is 1. The van der Waals surface area contributed by atoms with Crippen LogP contribution in [-0.2, 0) is 6.54 Å². The molecule has 0 aliphatic rings. The van der Waals surface area contributed by atoms with Crippen LogP contribution in [0, 0.1) is 5.92 Å². The number of carbonyl (C=O) groups excluding carboxylic acids is 2. The highest BCUT2D eigenvalue weighted by Crippen LogP contribution is 2.22. The minimum atomic E-state index is -0.215. The molecule has 0 spiro atoms. The molecule has 0 fully saturated rings. The number of ether oxygens (including phenoxy) is 1. The SMILES string of the molecule is CCOc1ccc(C(=O)CSc2nc3cc(C(=O)NC(C)C)ccc3c(=O)n2CCC(C)C)cc1. The van der Waals surface area contributed by atoms with E-state index in [2.05, 4.69) is 19.2 Å². The lowest BCUT2D eigenvalue weighted by atomic mass is 10.1. The number of nitrogens with one attached hydrogen (secondary N) is 1. The smallest absolute Gasteiger partial charge is 0.262 e. The summed E-state index contributed by atoms with van der Waals surface area (Å²) in [5.74, 6) is 0.984. The van der Waals surface area contributed by atoms with E-state index in [1.807, 2.05) is 20.8 Å². The molecule has 0 aliphatic heterocycles. The number of thioether (sulfide) groups is 1. The Balaban J connectivity index is 1.92. The van der Waals surface area contributed by atoms with E-state index in [1.165, 1.54) is 11.8 Å². The predicted molar refractivity (Wildman–Crippen MR) is 141 cm³/mol. The van der Waals surface area contributed by atoms with E-state index < -0.39 is 0 Å². The zero-order chi connectivity index (χ0) is 25.5. The van der Waals surface area contributed by atoms with E-state index in [-0.39, 0.29) is 29.0 Å². The van der Waals surface area contributed by atoms with Gasteiger partial charge in [-0.2, -0.15) is 0 Å². The predicted octanol–water partition coefficient (Wildman–Crippen LogP) is 4.95. The van der Waals surface area contributed by atoms with Gasteiger partial charge in [0, 0.05) is 23.7 Å². The van der Waals surface area contributed by atoms with Crippen LogP contribution >= 0.6 is 11.8 Å². The summed E-state index contributed by atoms with van der Waals surface area (Å²) in [4.78, 5) is 43.4. The maximum absolute atomic E-state index is 13.3. The van der Waals surface area contributed by atoms with Gasteiger partial charge in [0.05, 0.1) is 23.3 Å². The first kappa shape index (κ1) is 26.5. The standard InChI is InChI=1S/C27H33N3O4S/c1-6-34-21-10-7-19(8-11-21)24(31)16-35-27-29-23-15-20(25(32)28-18(4)5)9-12-22(23)26(33)30(27)14-13-17(2)3/h7-12,15,17-18H,6,13-14,16H2,1-5H3,(H,28,32). The lowest BCUT2D eigenvalue weighted by Crippen LogP contribution is -2.30. The van der Waals surface area contributed by atoms with Gasteiger partial charge < -0.3 is 10.1 Å². The summed E-state index contributed by atoms with van der Waals surface area (Å²) in [5, 5.41) is 3.79. The van der Waals surface area contributed by atoms with E-state index in [1.54, 1.807) is 47.0 Å². The van der Waals surface area contributed by atoms with Crippen molar-refractivity contribution in [2.75, 3.05) is 12.4 Å². The Kier molecular flexibility index (Phi) is 9.09. The third-order valence-electron chi connectivity index (χ3n) is 5.35. The monoisotopic (exact) mass is 495 g/mol. The fraction of sp³-hybridized carbons (Fsp3) is 0.407. The van der Waals surface area contributed by atoms with Crippen LogP contribution in [0.4, 0.5) is 0 Å². The molecule has 0 atom stereocenters. The lowest BCUT2D eigenvalue weighted by molar-refractivity contribution is 0.0942. The number of aromatic nitrogens is 2. The van der Waals surface area contributed by atoms with Crippen molar-refractivity contribution in [1.29, 1.82) is 0 Å². The van der Waals surface area contributed by atoms with Crippen LogP contribution in [0.25, 0.3) is 10.9 Å². The fourth-order valence-corrected chi connectivity index (χ4v) is 4.42. The Morgan fingerprint density at radius 1 is 1.06 bits per heavy atom. The molecule has 35 heavy (non-hydrogen) atoms. The first-order chi connectivity index (χ1) is 16.7. The highest BCUT2D eigenvalue weighted by Gasteiger charge is 2.16. The Morgan fingerprint density at radius 2 is 1.74 bits per heavy atom. The van der Waals surface area contributed by atoms with Gasteiger partial charge in [0.2, 0.25) is 0 Å². The number of hydrogen-bond donors (Lipinski definition) is 1. The van der Waals surface area contributed by atoms with Crippen molar-refractivity contribution in [2.24, 2.45) is 5.92 Å². The normalized spacial score (nSPS) is 11.3. The summed E-state index contributed by atoms with van der Waals surface area (Å²) in [5.41, 5.74) is 1.30. The van der Waals surface area contributed by atoms with Gasteiger partial charge in [0.15, 0.2) is 10.9 Å². The summed E-state index contributed by atoms with van der Waals surface area (Å²) < 4.78 is 7.09. The molecule has 1 amide bonds. The van der Waals surface area contributed by atoms with Gasteiger partial charge in [-0.25, -0.2) is 4.98 Å². The molecule has 0 unspecified atom stereocenters. The van der Waals surface area contributed by atoms with Crippen LogP contribution in [0.5, 0.6) is 5.75 Å². The molecule has 7 nitrogen and oxygen atoms in total. The minimum absolute atomic E-state index is 0.00470. The molecule has 0 saturated carbocycles. The van der Waals surface area contributed by atoms with Crippen molar-refractivity contribution in [1.82, 2.24) is 14.9 Å². The number of Topliss-reactive ketones (excluding diaryl/α,β-unsaturated/α-hetero) is 1. The van der Waals surface area contributed by atoms with Gasteiger partial charge in [-0.15, -0.1) is 0 Å². The fourth-order valence-electron chi connectivity index (χ4n) is 3.50. The second-order valence-corrected chi connectivity index (χ2v) is 10.0. The van der Waals surface area contributed by atoms with E-state index in [9.17, 15) is 14.4 Å². The van der Waals surface area contributed by atoms with Crippen molar-refractivity contribution in [3.05, 3.63) is 63.9 Å². The highest BCUT2D eigenvalue weighted by atomic mass is 32.2. The van der Waals surface area contributed by atoms with Gasteiger partial charge in [-0.05, 0) is 75.6 Å². The lowest BCUT2D eigenvalue weighted by Gasteiger charge is -2.15. The number of benzene rings is 2. The maximum atomic E-state index is 13.3. The number of nitrogens with zero attached hydrogens (tertiary/aromatic N) is 2. The average Bonchev–Trinajstić information content (AvgIpc) is 2.81. The minimum Gasteiger partial charge on any atom is -0.494 e. The Hall–Kier alpha value is -3.13. The molecule has 2 aromatic carbocycles. The molecule has 1 heterocycles.